The largest absolute Gasteiger partial charge is 0.496 e. The highest BCUT2D eigenvalue weighted by Crippen LogP contribution is 2.24. The van der Waals surface area contributed by atoms with E-state index >= 15 is 0 Å². The van der Waals surface area contributed by atoms with Gasteiger partial charge in [0.2, 0.25) is 5.91 Å². The summed E-state index contributed by atoms with van der Waals surface area (Å²) in [6, 6.07) is 18.1. The van der Waals surface area contributed by atoms with Gasteiger partial charge < -0.3 is 10.1 Å². The Balaban J connectivity index is 1.78. The van der Waals surface area contributed by atoms with Crippen molar-refractivity contribution in [2.75, 3.05) is 17.1 Å². The second-order valence-corrected chi connectivity index (χ2v) is 8.77. The van der Waals surface area contributed by atoms with Crippen LogP contribution in [-0.4, -0.2) is 21.4 Å². The van der Waals surface area contributed by atoms with Crippen molar-refractivity contribution in [2.45, 2.75) is 11.8 Å². The van der Waals surface area contributed by atoms with Crippen LogP contribution in [0.1, 0.15) is 11.1 Å². The molecule has 1 amide bonds. The molecular formula is C23H21ClN2O4S. The molecule has 8 heteroatoms. The van der Waals surface area contributed by atoms with Gasteiger partial charge in [-0.3, -0.25) is 9.52 Å². The summed E-state index contributed by atoms with van der Waals surface area (Å²) in [6.07, 6.45) is 3.00. The fourth-order valence-electron chi connectivity index (χ4n) is 2.78. The Morgan fingerprint density at radius 1 is 1.03 bits per heavy atom. The van der Waals surface area contributed by atoms with Crippen molar-refractivity contribution in [1.29, 1.82) is 0 Å². The van der Waals surface area contributed by atoms with Crippen LogP contribution in [0.5, 0.6) is 5.75 Å². The quantitative estimate of drug-likeness (QED) is 0.484. The smallest absolute Gasteiger partial charge is 0.261 e. The average Bonchev–Trinajstić information content (AvgIpc) is 2.75. The summed E-state index contributed by atoms with van der Waals surface area (Å²) in [4.78, 5) is 12.4. The van der Waals surface area contributed by atoms with Gasteiger partial charge in [-0.05, 0) is 61.0 Å². The van der Waals surface area contributed by atoms with Gasteiger partial charge in [-0.1, -0.05) is 35.9 Å². The number of rotatable bonds is 7. The maximum absolute atomic E-state index is 12.7. The highest BCUT2D eigenvalue weighted by molar-refractivity contribution is 7.92. The Hall–Kier alpha value is -3.29. The molecule has 160 valence electrons. The number of benzene rings is 3. The molecule has 0 atom stereocenters. The zero-order valence-corrected chi connectivity index (χ0v) is 18.5. The standard InChI is InChI=1S/C23H21ClN2O4S/c1-16-7-13-20(31(28,29)26-19-11-9-18(24)10-12-19)15-21(16)25-23(27)14-8-17-5-3-4-6-22(17)30-2/h3-15,26H,1-2H3,(H,25,27). The fraction of sp³-hybridized carbons (Fsp3) is 0.0870. The van der Waals surface area contributed by atoms with Crippen LogP contribution in [0.3, 0.4) is 0 Å². The zero-order valence-electron chi connectivity index (χ0n) is 16.9. The first kappa shape index (κ1) is 22.4. The molecule has 31 heavy (non-hydrogen) atoms. The van der Waals surface area contributed by atoms with Crippen LogP contribution in [0.15, 0.2) is 77.7 Å². The Labute approximate surface area is 186 Å². The third-order valence-electron chi connectivity index (χ3n) is 4.43. The van der Waals surface area contributed by atoms with E-state index in [1.54, 1.807) is 56.5 Å². The number of hydrogen-bond donors (Lipinski definition) is 2. The number of carbonyl (C=O) groups excluding carboxylic acids is 1. The maximum Gasteiger partial charge on any atom is 0.261 e. The molecule has 0 bridgehead atoms. The van der Waals surface area contributed by atoms with Crippen LogP contribution in [0.2, 0.25) is 5.02 Å². The number of para-hydroxylation sites is 1. The van der Waals surface area contributed by atoms with Gasteiger partial charge in [0.25, 0.3) is 10.0 Å². The van der Waals surface area contributed by atoms with Gasteiger partial charge in [0, 0.05) is 28.0 Å². The summed E-state index contributed by atoms with van der Waals surface area (Å²) >= 11 is 5.84. The highest BCUT2D eigenvalue weighted by Gasteiger charge is 2.16. The van der Waals surface area contributed by atoms with Gasteiger partial charge in [-0.25, -0.2) is 8.42 Å². The molecule has 3 aromatic rings. The van der Waals surface area contributed by atoms with Gasteiger partial charge in [0.1, 0.15) is 5.75 Å². The summed E-state index contributed by atoms with van der Waals surface area (Å²) in [5.41, 5.74) is 2.26. The van der Waals surface area contributed by atoms with E-state index in [4.69, 9.17) is 16.3 Å². The molecule has 0 aromatic heterocycles. The molecule has 0 radical (unpaired) electrons. The first-order valence-electron chi connectivity index (χ1n) is 9.29. The zero-order chi connectivity index (χ0) is 22.4. The first-order valence-corrected chi connectivity index (χ1v) is 11.2. The number of aryl methyl sites for hydroxylation is 1. The molecule has 0 spiro atoms. The number of carbonyl (C=O) groups is 1. The monoisotopic (exact) mass is 456 g/mol. The van der Waals surface area contributed by atoms with Crippen LogP contribution in [0.4, 0.5) is 11.4 Å². The first-order chi connectivity index (χ1) is 14.8. The summed E-state index contributed by atoms with van der Waals surface area (Å²) < 4.78 is 33.2. The lowest BCUT2D eigenvalue weighted by atomic mass is 10.1. The van der Waals surface area contributed by atoms with Crippen LogP contribution in [0.25, 0.3) is 6.08 Å². The Kier molecular flexibility index (Phi) is 6.99. The normalized spacial score (nSPS) is 11.3. The average molecular weight is 457 g/mol. The molecule has 0 saturated carbocycles. The maximum atomic E-state index is 12.7. The number of sulfonamides is 1. The summed E-state index contributed by atoms with van der Waals surface area (Å²) in [5, 5.41) is 3.23. The molecule has 0 aliphatic heterocycles. The predicted octanol–water partition coefficient (Wildman–Crippen LogP) is 5.11. The van der Waals surface area contributed by atoms with E-state index in [1.807, 2.05) is 18.2 Å². The number of methoxy groups -OCH3 is 1. The molecule has 3 rings (SSSR count). The van der Waals surface area contributed by atoms with E-state index < -0.39 is 15.9 Å². The number of amides is 1. The van der Waals surface area contributed by atoms with Crippen molar-refractivity contribution in [3.63, 3.8) is 0 Å². The van der Waals surface area contributed by atoms with E-state index in [1.165, 1.54) is 18.2 Å². The Morgan fingerprint density at radius 2 is 1.74 bits per heavy atom. The topological polar surface area (TPSA) is 84.5 Å². The molecule has 0 unspecified atom stereocenters. The van der Waals surface area contributed by atoms with Gasteiger partial charge in [0.15, 0.2) is 0 Å². The van der Waals surface area contributed by atoms with E-state index in [-0.39, 0.29) is 4.90 Å². The second-order valence-electron chi connectivity index (χ2n) is 6.65. The van der Waals surface area contributed by atoms with Crippen molar-refractivity contribution in [3.05, 3.63) is 89.0 Å². The van der Waals surface area contributed by atoms with Crippen LogP contribution in [0, 0.1) is 6.92 Å². The minimum absolute atomic E-state index is 0.0251. The van der Waals surface area contributed by atoms with E-state index in [9.17, 15) is 13.2 Å². The van der Waals surface area contributed by atoms with E-state index in [0.717, 1.165) is 11.1 Å². The van der Waals surface area contributed by atoms with E-state index in [0.29, 0.717) is 22.1 Å². The van der Waals surface area contributed by atoms with Gasteiger partial charge >= 0.3 is 0 Å². The third kappa shape index (κ3) is 5.87. The summed E-state index contributed by atoms with van der Waals surface area (Å²) in [6.45, 7) is 1.78. The minimum atomic E-state index is -3.84. The molecule has 2 N–H and O–H groups in total. The number of nitrogens with one attached hydrogen (secondary N) is 2. The molecule has 0 heterocycles. The van der Waals surface area contributed by atoms with Crippen LogP contribution >= 0.6 is 11.6 Å². The SMILES string of the molecule is COc1ccccc1C=CC(=O)Nc1cc(S(=O)(=O)Nc2ccc(Cl)cc2)ccc1C. The Bertz CT molecular complexity index is 1220. The van der Waals surface area contributed by atoms with Crippen molar-refractivity contribution in [2.24, 2.45) is 0 Å². The lowest BCUT2D eigenvalue weighted by Crippen LogP contribution is -2.14. The van der Waals surface area contributed by atoms with E-state index in [2.05, 4.69) is 10.0 Å². The van der Waals surface area contributed by atoms with Crippen molar-refractivity contribution < 1.29 is 17.9 Å². The second kappa shape index (κ2) is 9.68. The Morgan fingerprint density at radius 3 is 2.45 bits per heavy atom. The summed E-state index contributed by atoms with van der Waals surface area (Å²) in [5.74, 6) is 0.248. The van der Waals surface area contributed by atoms with Gasteiger partial charge in [-0.2, -0.15) is 0 Å². The third-order valence-corrected chi connectivity index (χ3v) is 6.06. The molecule has 3 aromatic carbocycles. The van der Waals surface area contributed by atoms with Crippen molar-refractivity contribution >= 4 is 45.0 Å². The number of halogens is 1. The fourth-order valence-corrected chi connectivity index (χ4v) is 3.99. The number of hydrogen-bond acceptors (Lipinski definition) is 4. The molecular weight excluding hydrogens is 436 g/mol. The lowest BCUT2D eigenvalue weighted by Gasteiger charge is -2.12. The molecule has 6 nitrogen and oxygen atoms in total. The van der Waals surface area contributed by atoms with Gasteiger partial charge in [0.05, 0.1) is 12.0 Å². The van der Waals surface area contributed by atoms with Crippen molar-refractivity contribution in [1.82, 2.24) is 0 Å². The predicted molar refractivity (Wildman–Crippen MR) is 124 cm³/mol. The van der Waals surface area contributed by atoms with Crippen molar-refractivity contribution in [3.8, 4) is 5.75 Å². The number of ether oxygens (including phenoxy) is 1. The lowest BCUT2D eigenvalue weighted by molar-refractivity contribution is -0.111. The van der Waals surface area contributed by atoms with Gasteiger partial charge in [-0.15, -0.1) is 0 Å². The van der Waals surface area contributed by atoms with Crippen LogP contribution < -0.4 is 14.8 Å². The van der Waals surface area contributed by atoms with Crippen LogP contribution in [-0.2, 0) is 14.8 Å². The molecule has 0 saturated heterocycles. The number of anilines is 2. The molecule has 0 aliphatic rings. The summed E-state index contributed by atoms with van der Waals surface area (Å²) in [7, 11) is -2.29. The highest BCUT2D eigenvalue weighted by atomic mass is 35.5. The minimum Gasteiger partial charge on any atom is -0.496 e. The molecule has 0 aliphatic carbocycles. The molecule has 0 fully saturated rings.